The van der Waals surface area contributed by atoms with Crippen molar-refractivity contribution < 1.29 is 22.8 Å². The van der Waals surface area contributed by atoms with Crippen LogP contribution >= 0.6 is 0 Å². The van der Waals surface area contributed by atoms with E-state index in [9.17, 15) is 22.8 Å². The molecule has 31 heavy (non-hydrogen) atoms. The first-order valence-corrected chi connectivity index (χ1v) is 9.58. The monoisotopic (exact) mass is 432 g/mol. The predicted molar refractivity (Wildman–Crippen MR) is 104 cm³/mol. The summed E-state index contributed by atoms with van der Waals surface area (Å²) in [6, 6.07) is 6.19. The van der Waals surface area contributed by atoms with E-state index in [-0.39, 0.29) is 29.1 Å². The number of nitrogens with two attached hydrogens (primary N) is 1. The van der Waals surface area contributed by atoms with Crippen molar-refractivity contribution in [2.75, 3.05) is 13.1 Å². The Morgan fingerprint density at radius 1 is 1.23 bits per heavy atom. The minimum atomic E-state index is -4.68. The van der Waals surface area contributed by atoms with Gasteiger partial charge in [-0.1, -0.05) is 12.1 Å². The molecule has 0 unspecified atom stereocenters. The van der Waals surface area contributed by atoms with Crippen molar-refractivity contribution in [1.29, 1.82) is 0 Å². The van der Waals surface area contributed by atoms with E-state index in [1.807, 2.05) is 0 Å². The van der Waals surface area contributed by atoms with E-state index in [0.29, 0.717) is 24.5 Å². The Balaban J connectivity index is 1.54. The van der Waals surface area contributed by atoms with E-state index >= 15 is 0 Å². The zero-order valence-electron chi connectivity index (χ0n) is 16.6. The molecule has 2 aromatic heterocycles. The largest absolute Gasteiger partial charge is 0.449 e. The van der Waals surface area contributed by atoms with Crippen molar-refractivity contribution in [3.05, 3.63) is 53.4 Å². The smallest absolute Gasteiger partial charge is 0.365 e. The lowest BCUT2D eigenvalue weighted by Crippen LogP contribution is -2.33. The number of alkyl halides is 3. The minimum Gasteiger partial charge on any atom is -0.365 e. The quantitative estimate of drug-likeness (QED) is 0.681. The molecule has 1 aromatic carbocycles. The molecule has 1 saturated heterocycles. The molecule has 0 saturated carbocycles. The standard InChI is InChI=1S/C20H19F3N6O2/c1-11-13(17(24)31)8-25-18(26-11)12-6-7-28(9-12)16(30)10-29-15-5-3-2-4-14(15)27-19(29)20(21,22)23/h2-5,8,12H,6-7,9-10H2,1H3,(H2,24,31)/t12-/m1/s1. The average Bonchev–Trinajstić information content (AvgIpc) is 3.33. The number of fused-ring (bicyclic) bond motifs is 1. The maximum absolute atomic E-state index is 13.5. The first kappa shape index (κ1) is 20.8. The van der Waals surface area contributed by atoms with Gasteiger partial charge in [-0.05, 0) is 25.5 Å². The molecule has 3 aromatic rings. The summed E-state index contributed by atoms with van der Waals surface area (Å²) in [6.45, 7) is 1.83. The summed E-state index contributed by atoms with van der Waals surface area (Å²) in [5.74, 6) is -1.87. The number of hydrogen-bond donors (Lipinski definition) is 1. The molecule has 2 amide bonds. The third-order valence-corrected chi connectivity index (χ3v) is 5.37. The molecular formula is C20H19F3N6O2. The van der Waals surface area contributed by atoms with Gasteiger partial charge in [0.25, 0.3) is 5.91 Å². The number of nitrogens with zero attached hydrogens (tertiary/aromatic N) is 5. The molecule has 4 rings (SSSR count). The van der Waals surface area contributed by atoms with E-state index in [0.717, 1.165) is 4.57 Å². The van der Waals surface area contributed by atoms with Gasteiger partial charge in [-0.25, -0.2) is 15.0 Å². The number of rotatable bonds is 4. The summed E-state index contributed by atoms with van der Waals surface area (Å²) in [5, 5.41) is 0. The summed E-state index contributed by atoms with van der Waals surface area (Å²) in [4.78, 5) is 37.8. The zero-order valence-corrected chi connectivity index (χ0v) is 16.6. The van der Waals surface area contributed by atoms with Crippen molar-refractivity contribution in [1.82, 2.24) is 24.4 Å². The normalized spacial score (nSPS) is 16.8. The lowest BCUT2D eigenvalue weighted by Gasteiger charge is -2.18. The number of benzene rings is 1. The van der Waals surface area contributed by atoms with Gasteiger partial charge in [0.15, 0.2) is 0 Å². The minimum absolute atomic E-state index is 0.175. The number of carbonyl (C=O) groups excluding carboxylic acids is 2. The van der Waals surface area contributed by atoms with Crippen LogP contribution in [0, 0.1) is 6.92 Å². The number of amides is 2. The number of primary amides is 1. The lowest BCUT2D eigenvalue weighted by atomic mass is 10.1. The first-order chi connectivity index (χ1) is 14.6. The Morgan fingerprint density at radius 2 is 1.97 bits per heavy atom. The fourth-order valence-corrected chi connectivity index (χ4v) is 3.81. The number of hydrogen-bond acceptors (Lipinski definition) is 5. The molecule has 8 nitrogen and oxygen atoms in total. The Hall–Kier alpha value is -3.50. The summed E-state index contributed by atoms with van der Waals surface area (Å²) >= 11 is 0. The van der Waals surface area contributed by atoms with Gasteiger partial charge in [0, 0.05) is 25.2 Å². The maximum atomic E-state index is 13.5. The van der Waals surface area contributed by atoms with Crippen molar-refractivity contribution in [3.63, 3.8) is 0 Å². The molecule has 0 radical (unpaired) electrons. The summed E-state index contributed by atoms with van der Waals surface area (Å²) in [7, 11) is 0. The van der Waals surface area contributed by atoms with E-state index in [1.54, 1.807) is 19.1 Å². The highest BCUT2D eigenvalue weighted by Gasteiger charge is 2.39. The number of imidazole rings is 1. The molecule has 0 bridgehead atoms. The highest BCUT2D eigenvalue weighted by atomic mass is 19.4. The van der Waals surface area contributed by atoms with Crippen LogP contribution in [0.4, 0.5) is 13.2 Å². The van der Waals surface area contributed by atoms with E-state index < -0.39 is 30.4 Å². The molecule has 0 aliphatic carbocycles. The molecule has 1 atom stereocenters. The van der Waals surface area contributed by atoms with E-state index in [2.05, 4.69) is 15.0 Å². The zero-order chi connectivity index (χ0) is 22.3. The first-order valence-electron chi connectivity index (χ1n) is 9.58. The van der Waals surface area contributed by atoms with Crippen LogP contribution in [0.1, 0.15) is 40.0 Å². The second-order valence-corrected chi connectivity index (χ2v) is 7.42. The van der Waals surface area contributed by atoms with E-state index in [4.69, 9.17) is 5.73 Å². The fraction of sp³-hybridized carbons (Fsp3) is 0.350. The summed E-state index contributed by atoms with van der Waals surface area (Å²) in [6.07, 6.45) is -2.75. The molecule has 162 valence electrons. The van der Waals surface area contributed by atoms with Gasteiger partial charge in [-0.2, -0.15) is 13.2 Å². The number of carbonyl (C=O) groups is 2. The van der Waals surface area contributed by atoms with Gasteiger partial charge in [0.05, 0.1) is 22.3 Å². The number of aryl methyl sites for hydroxylation is 1. The highest BCUT2D eigenvalue weighted by Crippen LogP contribution is 2.32. The molecular weight excluding hydrogens is 413 g/mol. The number of para-hydroxylation sites is 2. The van der Waals surface area contributed by atoms with Gasteiger partial charge in [0.1, 0.15) is 12.4 Å². The molecule has 2 N–H and O–H groups in total. The SMILES string of the molecule is Cc1nc([C@@H]2CCN(C(=O)Cn3c(C(F)(F)F)nc4ccccc43)C2)ncc1C(N)=O. The van der Waals surface area contributed by atoms with Crippen molar-refractivity contribution in [2.45, 2.75) is 32.0 Å². The van der Waals surface area contributed by atoms with Gasteiger partial charge >= 0.3 is 6.18 Å². The predicted octanol–water partition coefficient (Wildman–Crippen LogP) is 2.27. The van der Waals surface area contributed by atoms with Crippen LogP contribution in [0.3, 0.4) is 0 Å². The second-order valence-electron chi connectivity index (χ2n) is 7.42. The number of aromatic nitrogens is 4. The summed E-state index contributed by atoms with van der Waals surface area (Å²) < 4.78 is 41.3. The van der Waals surface area contributed by atoms with Crippen LogP contribution in [0.5, 0.6) is 0 Å². The molecule has 11 heteroatoms. The Morgan fingerprint density at radius 3 is 2.65 bits per heavy atom. The van der Waals surface area contributed by atoms with Crippen LogP contribution in [0.2, 0.25) is 0 Å². The number of halogens is 3. The molecule has 1 aliphatic heterocycles. The fourth-order valence-electron chi connectivity index (χ4n) is 3.81. The topological polar surface area (TPSA) is 107 Å². The van der Waals surface area contributed by atoms with Gasteiger partial charge < -0.3 is 15.2 Å². The Bertz CT molecular complexity index is 1170. The Labute approximate surface area is 174 Å². The van der Waals surface area contributed by atoms with Crippen molar-refractivity contribution >= 4 is 22.8 Å². The van der Waals surface area contributed by atoms with Gasteiger partial charge in [-0.3, -0.25) is 9.59 Å². The molecule has 0 spiro atoms. The van der Waals surface area contributed by atoms with Crippen LogP contribution in [-0.2, 0) is 17.5 Å². The number of likely N-dealkylation sites (tertiary alicyclic amines) is 1. The van der Waals surface area contributed by atoms with E-state index in [1.165, 1.54) is 23.2 Å². The van der Waals surface area contributed by atoms with Crippen LogP contribution in [-0.4, -0.2) is 49.3 Å². The summed E-state index contributed by atoms with van der Waals surface area (Å²) in [5.41, 5.74) is 6.37. The lowest BCUT2D eigenvalue weighted by molar-refractivity contribution is -0.148. The maximum Gasteiger partial charge on any atom is 0.449 e. The molecule has 1 aliphatic rings. The molecule has 3 heterocycles. The third kappa shape index (κ3) is 3.94. The van der Waals surface area contributed by atoms with Gasteiger partial charge in [0.2, 0.25) is 11.7 Å². The second kappa shape index (κ2) is 7.64. The van der Waals surface area contributed by atoms with Gasteiger partial charge in [-0.15, -0.1) is 0 Å². The van der Waals surface area contributed by atoms with Crippen LogP contribution in [0.25, 0.3) is 11.0 Å². The van der Waals surface area contributed by atoms with Crippen molar-refractivity contribution in [3.8, 4) is 0 Å². The van der Waals surface area contributed by atoms with Crippen LogP contribution < -0.4 is 5.73 Å². The van der Waals surface area contributed by atoms with Crippen LogP contribution in [0.15, 0.2) is 30.5 Å². The third-order valence-electron chi connectivity index (χ3n) is 5.37. The average molecular weight is 432 g/mol. The highest BCUT2D eigenvalue weighted by molar-refractivity contribution is 5.93. The van der Waals surface area contributed by atoms with Crippen molar-refractivity contribution in [2.24, 2.45) is 5.73 Å². The molecule has 1 fully saturated rings. The Kier molecular flexibility index (Phi) is 5.11.